The van der Waals surface area contributed by atoms with Gasteiger partial charge in [0.1, 0.15) is 5.75 Å². The molecule has 0 radical (unpaired) electrons. The Morgan fingerprint density at radius 3 is 2.55 bits per heavy atom. The number of amides is 1. The number of aromatic nitrogens is 1. The molecule has 1 aliphatic heterocycles. The van der Waals surface area contributed by atoms with Crippen LogP contribution in [-0.2, 0) is 21.4 Å². The summed E-state index contributed by atoms with van der Waals surface area (Å²) < 4.78 is 39.9. The summed E-state index contributed by atoms with van der Waals surface area (Å²) in [7, 11) is -3.81. The third-order valence-electron chi connectivity index (χ3n) is 5.60. The topological polar surface area (TPSA) is 102 Å². The van der Waals surface area contributed by atoms with Gasteiger partial charge in [-0.05, 0) is 44.2 Å². The molecule has 1 saturated heterocycles. The molecular formula is C22H24ClN3O6S. The second-order valence-electron chi connectivity index (χ2n) is 7.69. The number of oxazole rings is 1. The van der Waals surface area contributed by atoms with Crippen LogP contribution in [0.2, 0.25) is 5.02 Å². The molecule has 0 spiro atoms. The standard InChI is InChI=1S/C22H24ClN3O6S/c1-3-26-19-8-7-18(14-20(19)32-22(26)28)33(29,30)25-11-9-24(10-12-25)21(27)15(2)31-17-6-4-5-16(23)13-17/h4-8,13-15H,3,9-12H2,1-2H3/t15-/m0/s1. The van der Waals surface area contributed by atoms with Gasteiger partial charge in [0.25, 0.3) is 5.91 Å². The van der Waals surface area contributed by atoms with Crippen LogP contribution >= 0.6 is 11.6 Å². The Hall–Kier alpha value is -2.82. The van der Waals surface area contributed by atoms with Crippen molar-refractivity contribution in [2.24, 2.45) is 0 Å². The first kappa shape index (κ1) is 23.3. The minimum Gasteiger partial charge on any atom is -0.481 e. The van der Waals surface area contributed by atoms with E-state index >= 15 is 0 Å². The van der Waals surface area contributed by atoms with Crippen LogP contribution in [0, 0.1) is 0 Å². The minimum atomic E-state index is -3.81. The fourth-order valence-corrected chi connectivity index (χ4v) is 5.47. The first-order chi connectivity index (χ1) is 15.7. The number of halogens is 1. The number of nitrogens with zero attached hydrogens (tertiary/aromatic N) is 3. The lowest BCUT2D eigenvalue weighted by Crippen LogP contribution is -2.53. The number of ether oxygens (including phenoxy) is 1. The van der Waals surface area contributed by atoms with Gasteiger partial charge in [0.05, 0.1) is 10.4 Å². The number of hydrogen-bond acceptors (Lipinski definition) is 6. The van der Waals surface area contributed by atoms with Crippen LogP contribution in [0.3, 0.4) is 0 Å². The van der Waals surface area contributed by atoms with Crippen molar-refractivity contribution in [3.05, 3.63) is 58.0 Å². The second-order valence-corrected chi connectivity index (χ2v) is 10.1. The molecular weight excluding hydrogens is 470 g/mol. The number of carbonyl (C=O) groups is 1. The Kier molecular flexibility index (Phi) is 6.51. The monoisotopic (exact) mass is 493 g/mol. The van der Waals surface area contributed by atoms with Crippen molar-refractivity contribution in [3.63, 3.8) is 0 Å². The summed E-state index contributed by atoms with van der Waals surface area (Å²) >= 11 is 5.95. The van der Waals surface area contributed by atoms with E-state index in [4.69, 9.17) is 20.8 Å². The molecule has 2 aromatic carbocycles. The third kappa shape index (κ3) is 4.64. The first-order valence-electron chi connectivity index (χ1n) is 10.5. The summed E-state index contributed by atoms with van der Waals surface area (Å²) in [5.41, 5.74) is 0.772. The number of sulfonamides is 1. The molecule has 1 aliphatic rings. The van der Waals surface area contributed by atoms with E-state index in [2.05, 4.69) is 0 Å². The molecule has 1 fully saturated rings. The van der Waals surface area contributed by atoms with E-state index in [1.807, 2.05) is 6.92 Å². The molecule has 176 valence electrons. The fraction of sp³-hybridized carbons (Fsp3) is 0.364. The fourth-order valence-electron chi connectivity index (χ4n) is 3.86. The van der Waals surface area contributed by atoms with Crippen LogP contribution in [0.25, 0.3) is 11.1 Å². The average Bonchev–Trinajstić information content (AvgIpc) is 3.12. The van der Waals surface area contributed by atoms with Crippen molar-refractivity contribution >= 4 is 38.6 Å². The molecule has 11 heteroatoms. The maximum atomic E-state index is 13.1. The molecule has 9 nitrogen and oxygen atoms in total. The van der Waals surface area contributed by atoms with Gasteiger partial charge in [0.15, 0.2) is 11.7 Å². The van der Waals surface area contributed by atoms with Gasteiger partial charge in [-0.25, -0.2) is 13.2 Å². The second kappa shape index (κ2) is 9.20. The van der Waals surface area contributed by atoms with Crippen LogP contribution < -0.4 is 10.5 Å². The zero-order valence-electron chi connectivity index (χ0n) is 18.2. The Morgan fingerprint density at radius 1 is 1.15 bits per heavy atom. The first-order valence-corrected chi connectivity index (χ1v) is 12.4. The van der Waals surface area contributed by atoms with E-state index in [-0.39, 0.29) is 42.6 Å². The maximum Gasteiger partial charge on any atom is 0.419 e. The molecule has 1 atom stereocenters. The molecule has 0 saturated carbocycles. The van der Waals surface area contributed by atoms with Gasteiger partial charge in [-0.2, -0.15) is 4.31 Å². The van der Waals surface area contributed by atoms with Gasteiger partial charge in [-0.15, -0.1) is 0 Å². The van der Waals surface area contributed by atoms with Gasteiger partial charge in [0.2, 0.25) is 10.0 Å². The van der Waals surface area contributed by atoms with E-state index < -0.39 is 21.9 Å². The molecule has 4 rings (SSSR count). The lowest BCUT2D eigenvalue weighted by atomic mass is 10.2. The molecule has 0 N–H and O–H groups in total. The van der Waals surface area contributed by atoms with Gasteiger partial charge in [0, 0.05) is 43.8 Å². The van der Waals surface area contributed by atoms with Crippen LogP contribution in [0.5, 0.6) is 5.75 Å². The zero-order chi connectivity index (χ0) is 23.8. The Balaban J connectivity index is 1.43. The Morgan fingerprint density at radius 2 is 1.88 bits per heavy atom. The molecule has 3 aromatic rings. The van der Waals surface area contributed by atoms with E-state index in [1.165, 1.54) is 21.0 Å². The Bertz CT molecular complexity index is 1340. The van der Waals surface area contributed by atoms with Crippen molar-refractivity contribution in [1.29, 1.82) is 0 Å². The SMILES string of the molecule is CCn1c(=O)oc2cc(S(=O)(=O)N3CCN(C(=O)[C@H](C)Oc4cccc(Cl)c4)CC3)ccc21. The van der Waals surface area contributed by atoms with Crippen molar-refractivity contribution in [1.82, 2.24) is 13.8 Å². The third-order valence-corrected chi connectivity index (χ3v) is 7.73. The lowest BCUT2D eigenvalue weighted by Gasteiger charge is -2.35. The van der Waals surface area contributed by atoms with Crippen LogP contribution in [0.1, 0.15) is 13.8 Å². The van der Waals surface area contributed by atoms with Crippen molar-refractivity contribution in [3.8, 4) is 5.75 Å². The summed E-state index contributed by atoms with van der Waals surface area (Å²) in [4.78, 5) is 26.3. The highest BCUT2D eigenvalue weighted by Gasteiger charge is 2.32. The number of benzene rings is 2. The predicted molar refractivity (Wildman–Crippen MR) is 123 cm³/mol. The van der Waals surface area contributed by atoms with Crippen LogP contribution in [0.4, 0.5) is 0 Å². The molecule has 0 unspecified atom stereocenters. The highest BCUT2D eigenvalue weighted by molar-refractivity contribution is 7.89. The van der Waals surface area contributed by atoms with E-state index in [1.54, 1.807) is 42.2 Å². The normalized spacial score (nSPS) is 16.2. The van der Waals surface area contributed by atoms with Gasteiger partial charge in [-0.3, -0.25) is 9.36 Å². The van der Waals surface area contributed by atoms with E-state index in [9.17, 15) is 18.0 Å². The number of aryl methyl sites for hydroxylation is 1. The van der Waals surface area contributed by atoms with Crippen LogP contribution in [-0.4, -0.2) is 60.4 Å². The number of carbonyl (C=O) groups excluding carboxylic acids is 1. The highest BCUT2D eigenvalue weighted by atomic mass is 35.5. The van der Waals surface area contributed by atoms with Gasteiger partial charge >= 0.3 is 5.76 Å². The molecule has 1 aromatic heterocycles. The summed E-state index contributed by atoms with van der Waals surface area (Å²) in [6.07, 6.45) is -0.737. The maximum absolute atomic E-state index is 13.1. The summed E-state index contributed by atoms with van der Waals surface area (Å²) in [6.45, 7) is 4.66. The van der Waals surface area contributed by atoms with Crippen molar-refractivity contribution in [2.75, 3.05) is 26.2 Å². The summed E-state index contributed by atoms with van der Waals surface area (Å²) in [6, 6.07) is 11.2. The number of piperazine rings is 1. The Labute approximate surface area is 196 Å². The van der Waals surface area contributed by atoms with Gasteiger partial charge < -0.3 is 14.1 Å². The van der Waals surface area contributed by atoms with Crippen molar-refractivity contribution in [2.45, 2.75) is 31.4 Å². The van der Waals surface area contributed by atoms with E-state index in [0.717, 1.165) is 0 Å². The number of hydrogen-bond donors (Lipinski definition) is 0. The summed E-state index contributed by atoms with van der Waals surface area (Å²) in [5, 5.41) is 0.509. The minimum absolute atomic E-state index is 0.0458. The molecule has 2 heterocycles. The number of fused-ring (bicyclic) bond motifs is 1. The lowest BCUT2D eigenvalue weighted by molar-refractivity contribution is -0.139. The average molecular weight is 494 g/mol. The quantitative estimate of drug-likeness (QED) is 0.523. The highest BCUT2D eigenvalue weighted by Crippen LogP contribution is 2.23. The molecule has 0 aliphatic carbocycles. The summed E-state index contributed by atoms with van der Waals surface area (Å²) in [5.74, 6) is -0.261. The zero-order valence-corrected chi connectivity index (χ0v) is 19.8. The largest absolute Gasteiger partial charge is 0.481 e. The number of rotatable bonds is 6. The van der Waals surface area contributed by atoms with Crippen LogP contribution in [0.15, 0.2) is 56.6 Å². The van der Waals surface area contributed by atoms with Gasteiger partial charge in [-0.1, -0.05) is 17.7 Å². The van der Waals surface area contributed by atoms with E-state index in [0.29, 0.717) is 22.8 Å². The molecule has 33 heavy (non-hydrogen) atoms. The van der Waals surface area contributed by atoms with Crippen molar-refractivity contribution < 1.29 is 22.4 Å². The molecule has 1 amide bonds. The predicted octanol–water partition coefficient (Wildman–Crippen LogP) is 2.57. The smallest absolute Gasteiger partial charge is 0.419 e. The molecule has 0 bridgehead atoms.